The van der Waals surface area contributed by atoms with Gasteiger partial charge in [0.2, 0.25) is 11.8 Å². The number of aliphatic imine (C=N–C) groups is 1. The molecule has 0 atom stereocenters. The van der Waals surface area contributed by atoms with Crippen LogP contribution in [0, 0.1) is 0 Å². The molecule has 154 valence electrons. The fourth-order valence-corrected chi connectivity index (χ4v) is 2.77. The first-order valence-corrected chi connectivity index (χ1v) is 9.32. The summed E-state index contributed by atoms with van der Waals surface area (Å²) >= 11 is 0. The van der Waals surface area contributed by atoms with E-state index in [1.54, 1.807) is 6.08 Å². The maximum atomic E-state index is 11.9. The number of nitrogens with one attached hydrogen (secondary N) is 2. The van der Waals surface area contributed by atoms with Gasteiger partial charge >= 0.3 is 0 Å². The summed E-state index contributed by atoms with van der Waals surface area (Å²) in [6.07, 6.45) is 3.25. The Kier molecular flexibility index (Phi) is 11.2. The van der Waals surface area contributed by atoms with Crippen LogP contribution in [0.3, 0.4) is 0 Å². The van der Waals surface area contributed by atoms with Crippen molar-refractivity contribution in [3.63, 3.8) is 0 Å². The minimum absolute atomic E-state index is 0. The largest absolute Gasteiger partial charge is 0.489 e. The topological polar surface area (TPSA) is 83.0 Å². The predicted molar refractivity (Wildman–Crippen MR) is 121 cm³/mol. The third-order valence-corrected chi connectivity index (χ3v) is 4.09. The number of ether oxygens (including phenoxy) is 1. The fourth-order valence-electron chi connectivity index (χ4n) is 2.77. The molecule has 1 aliphatic rings. The standard InChI is InChI=1S/C20H28N4O3.HI/c1-3-14-27-17-9-6-5-8-16(17)15-23-20(21-4-2)22-12-13-24-18(25)10-7-11-19(24)26;/h3,5-6,8-9H,1,4,7,10-15H2,2H3,(H2,21,22,23);1H. The first-order chi connectivity index (χ1) is 13.2. The molecule has 0 bridgehead atoms. The van der Waals surface area contributed by atoms with Crippen LogP contribution in [-0.2, 0) is 16.1 Å². The highest BCUT2D eigenvalue weighted by Gasteiger charge is 2.25. The second-order valence-corrected chi connectivity index (χ2v) is 6.12. The first kappa shape index (κ1) is 23.9. The number of imide groups is 1. The summed E-state index contributed by atoms with van der Waals surface area (Å²) in [5.74, 6) is 1.22. The Morgan fingerprint density at radius 1 is 1.25 bits per heavy atom. The molecule has 8 heteroatoms. The van der Waals surface area contributed by atoms with Crippen molar-refractivity contribution in [2.45, 2.75) is 32.7 Å². The average Bonchev–Trinajstić information content (AvgIpc) is 2.67. The summed E-state index contributed by atoms with van der Waals surface area (Å²) in [5, 5.41) is 6.35. The van der Waals surface area contributed by atoms with Gasteiger partial charge in [-0.2, -0.15) is 0 Å². The zero-order valence-electron chi connectivity index (χ0n) is 16.3. The summed E-state index contributed by atoms with van der Waals surface area (Å²) in [4.78, 5) is 29.6. The molecule has 0 saturated carbocycles. The van der Waals surface area contributed by atoms with E-state index in [4.69, 9.17) is 4.74 Å². The normalized spacial score (nSPS) is 14.3. The number of rotatable bonds is 9. The lowest BCUT2D eigenvalue weighted by molar-refractivity contribution is -0.147. The summed E-state index contributed by atoms with van der Waals surface area (Å²) in [6, 6.07) is 7.74. The number of guanidine groups is 1. The number of nitrogens with zero attached hydrogens (tertiary/aromatic N) is 2. The van der Waals surface area contributed by atoms with E-state index < -0.39 is 0 Å². The van der Waals surface area contributed by atoms with E-state index >= 15 is 0 Å². The van der Waals surface area contributed by atoms with Gasteiger partial charge in [-0.25, -0.2) is 4.99 Å². The summed E-state index contributed by atoms with van der Waals surface area (Å²) < 4.78 is 5.65. The summed E-state index contributed by atoms with van der Waals surface area (Å²) in [7, 11) is 0. The highest BCUT2D eigenvalue weighted by molar-refractivity contribution is 14.0. The molecular weight excluding hydrogens is 471 g/mol. The minimum Gasteiger partial charge on any atom is -0.489 e. The van der Waals surface area contributed by atoms with Crippen LogP contribution in [0.15, 0.2) is 41.9 Å². The molecule has 2 rings (SSSR count). The maximum absolute atomic E-state index is 11.9. The molecular formula is C20H29IN4O3. The molecule has 1 aromatic carbocycles. The number of hydrogen-bond acceptors (Lipinski definition) is 4. The van der Waals surface area contributed by atoms with Gasteiger partial charge in [0, 0.05) is 38.0 Å². The molecule has 28 heavy (non-hydrogen) atoms. The van der Waals surface area contributed by atoms with Crippen LogP contribution in [0.2, 0.25) is 0 Å². The number of carbonyl (C=O) groups excluding carboxylic acids is 2. The van der Waals surface area contributed by atoms with Crippen LogP contribution >= 0.6 is 24.0 Å². The number of amides is 2. The lowest BCUT2D eigenvalue weighted by atomic mass is 10.1. The minimum atomic E-state index is -0.0942. The van der Waals surface area contributed by atoms with Crippen LogP contribution in [0.5, 0.6) is 5.75 Å². The fraction of sp³-hybridized carbons (Fsp3) is 0.450. The zero-order valence-corrected chi connectivity index (χ0v) is 18.6. The third kappa shape index (κ3) is 7.49. The number of hydrogen-bond donors (Lipinski definition) is 2. The van der Waals surface area contributed by atoms with E-state index in [2.05, 4.69) is 22.2 Å². The van der Waals surface area contributed by atoms with Gasteiger partial charge in [-0.05, 0) is 19.4 Å². The van der Waals surface area contributed by atoms with E-state index in [1.807, 2.05) is 31.2 Å². The van der Waals surface area contributed by atoms with E-state index in [-0.39, 0.29) is 35.8 Å². The van der Waals surface area contributed by atoms with Crippen LogP contribution in [0.1, 0.15) is 31.7 Å². The number of benzene rings is 1. The molecule has 2 amide bonds. The molecule has 1 fully saturated rings. The molecule has 1 heterocycles. The third-order valence-electron chi connectivity index (χ3n) is 4.09. The molecule has 0 radical (unpaired) electrons. The van der Waals surface area contributed by atoms with Crippen LogP contribution in [-0.4, -0.2) is 48.9 Å². The molecule has 7 nitrogen and oxygen atoms in total. The monoisotopic (exact) mass is 500 g/mol. The van der Waals surface area contributed by atoms with E-state index in [9.17, 15) is 9.59 Å². The molecule has 0 spiro atoms. The first-order valence-electron chi connectivity index (χ1n) is 9.32. The van der Waals surface area contributed by atoms with E-state index in [1.165, 1.54) is 4.90 Å². The highest BCUT2D eigenvalue weighted by Crippen LogP contribution is 2.18. The lowest BCUT2D eigenvalue weighted by Gasteiger charge is -2.25. The smallest absolute Gasteiger partial charge is 0.229 e. The second kappa shape index (κ2) is 13.1. The lowest BCUT2D eigenvalue weighted by Crippen LogP contribution is -2.46. The van der Waals surface area contributed by atoms with Crippen LogP contribution in [0.4, 0.5) is 0 Å². The van der Waals surface area contributed by atoms with Gasteiger partial charge in [0.1, 0.15) is 12.4 Å². The number of carbonyl (C=O) groups is 2. The Morgan fingerprint density at radius 3 is 2.64 bits per heavy atom. The summed E-state index contributed by atoms with van der Waals surface area (Å²) in [6.45, 7) is 8.05. The number of piperidine rings is 1. The maximum Gasteiger partial charge on any atom is 0.229 e. The zero-order chi connectivity index (χ0) is 19.5. The van der Waals surface area contributed by atoms with Crippen molar-refractivity contribution in [3.05, 3.63) is 42.5 Å². The molecule has 0 aliphatic carbocycles. The Hall–Kier alpha value is -2.10. The van der Waals surface area contributed by atoms with Gasteiger partial charge in [-0.3, -0.25) is 14.5 Å². The van der Waals surface area contributed by atoms with Crippen molar-refractivity contribution >= 4 is 41.8 Å². The summed E-state index contributed by atoms with van der Waals surface area (Å²) in [5.41, 5.74) is 0.970. The van der Waals surface area contributed by atoms with Crippen LogP contribution < -0.4 is 15.4 Å². The van der Waals surface area contributed by atoms with Gasteiger partial charge in [0.25, 0.3) is 0 Å². The SMILES string of the molecule is C=CCOc1ccccc1CN=C(NCC)NCCN1C(=O)CCCC1=O.I. The molecule has 1 saturated heterocycles. The van der Waals surface area contributed by atoms with Gasteiger partial charge in [0.15, 0.2) is 5.96 Å². The van der Waals surface area contributed by atoms with Gasteiger partial charge < -0.3 is 15.4 Å². The molecule has 1 aromatic rings. The molecule has 0 aromatic heterocycles. The Balaban J connectivity index is 0.00000392. The Morgan fingerprint density at radius 2 is 1.96 bits per heavy atom. The van der Waals surface area contributed by atoms with Gasteiger partial charge in [-0.15, -0.1) is 24.0 Å². The predicted octanol–water partition coefficient (Wildman–Crippen LogP) is 2.46. The van der Waals surface area contributed by atoms with Crippen molar-refractivity contribution in [2.75, 3.05) is 26.2 Å². The average molecular weight is 500 g/mol. The quantitative estimate of drug-likeness (QED) is 0.179. The highest BCUT2D eigenvalue weighted by atomic mass is 127. The number of halogens is 1. The van der Waals surface area contributed by atoms with Crippen molar-refractivity contribution < 1.29 is 14.3 Å². The Bertz CT molecular complexity index is 678. The number of para-hydroxylation sites is 1. The van der Waals surface area contributed by atoms with Gasteiger partial charge in [-0.1, -0.05) is 30.9 Å². The van der Waals surface area contributed by atoms with E-state index in [0.29, 0.717) is 58.0 Å². The van der Waals surface area contributed by atoms with Crippen LogP contribution in [0.25, 0.3) is 0 Å². The second-order valence-electron chi connectivity index (χ2n) is 6.12. The van der Waals surface area contributed by atoms with Crippen molar-refractivity contribution in [1.82, 2.24) is 15.5 Å². The van der Waals surface area contributed by atoms with E-state index in [0.717, 1.165) is 11.3 Å². The van der Waals surface area contributed by atoms with Crippen molar-refractivity contribution in [1.29, 1.82) is 0 Å². The molecule has 1 aliphatic heterocycles. The molecule has 0 unspecified atom stereocenters. The number of likely N-dealkylation sites (tertiary alicyclic amines) is 1. The van der Waals surface area contributed by atoms with Gasteiger partial charge in [0.05, 0.1) is 6.54 Å². The molecule has 2 N–H and O–H groups in total. The van der Waals surface area contributed by atoms with Crippen molar-refractivity contribution in [3.8, 4) is 5.75 Å². The Labute approximate surface area is 183 Å². The van der Waals surface area contributed by atoms with Crippen molar-refractivity contribution in [2.24, 2.45) is 4.99 Å².